The van der Waals surface area contributed by atoms with E-state index in [0.717, 1.165) is 11.1 Å². The molecule has 0 saturated heterocycles. The van der Waals surface area contributed by atoms with Gasteiger partial charge < -0.3 is 10.6 Å². The van der Waals surface area contributed by atoms with E-state index >= 15 is 0 Å². The molecule has 3 aromatic rings. The Morgan fingerprint density at radius 3 is 2.23 bits per heavy atom. The maximum Gasteiger partial charge on any atom is 0.274 e. The van der Waals surface area contributed by atoms with E-state index in [1.807, 2.05) is 50.2 Å². The highest BCUT2D eigenvalue weighted by molar-refractivity contribution is 6.07. The molecule has 0 aliphatic rings. The van der Waals surface area contributed by atoms with Crippen molar-refractivity contribution in [2.75, 3.05) is 10.6 Å². The summed E-state index contributed by atoms with van der Waals surface area (Å²) in [6, 6.07) is 17.9. The fraction of sp³-hybridized carbons (Fsp3) is 0.0952. The van der Waals surface area contributed by atoms with Crippen LogP contribution in [-0.4, -0.2) is 16.8 Å². The molecule has 0 unspecified atom stereocenters. The number of amides is 2. The van der Waals surface area contributed by atoms with Crippen molar-refractivity contribution in [1.29, 1.82) is 0 Å². The zero-order valence-electron chi connectivity index (χ0n) is 14.6. The number of hydrogen-bond donors (Lipinski definition) is 2. The minimum absolute atomic E-state index is 0.184. The highest BCUT2D eigenvalue weighted by atomic mass is 16.2. The molecular formula is C21H19N3O2. The van der Waals surface area contributed by atoms with Crippen LogP contribution < -0.4 is 10.6 Å². The van der Waals surface area contributed by atoms with Crippen LogP contribution in [0.1, 0.15) is 32.0 Å². The number of nitrogens with one attached hydrogen (secondary N) is 2. The molecule has 0 saturated carbocycles. The zero-order chi connectivity index (χ0) is 18.5. The van der Waals surface area contributed by atoms with E-state index in [1.54, 1.807) is 18.2 Å². The summed E-state index contributed by atoms with van der Waals surface area (Å²) in [5, 5.41) is 5.60. The Balaban J connectivity index is 1.74. The van der Waals surface area contributed by atoms with Crippen molar-refractivity contribution >= 4 is 23.2 Å². The minimum atomic E-state index is -0.359. The van der Waals surface area contributed by atoms with E-state index < -0.39 is 0 Å². The van der Waals surface area contributed by atoms with Crippen molar-refractivity contribution in [1.82, 2.24) is 4.98 Å². The average molecular weight is 345 g/mol. The van der Waals surface area contributed by atoms with Crippen molar-refractivity contribution < 1.29 is 9.59 Å². The van der Waals surface area contributed by atoms with E-state index in [0.29, 0.717) is 16.9 Å². The summed E-state index contributed by atoms with van der Waals surface area (Å²) in [5.74, 6) is -0.651. The summed E-state index contributed by atoms with van der Waals surface area (Å²) in [7, 11) is 0. The van der Waals surface area contributed by atoms with Crippen LogP contribution in [0.2, 0.25) is 0 Å². The Morgan fingerprint density at radius 1 is 0.769 bits per heavy atom. The van der Waals surface area contributed by atoms with Crippen LogP contribution >= 0.6 is 0 Å². The van der Waals surface area contributed by atoms with Crippen molar-refractivity contribution in [3.05, 3.63) is 89.2 Å². The maximum absolute atomic E-state index is 12.4. The highest BCUT2D eigenvalue weighted by Crippen LogP contribution is 2.15. The minimum Gasteiger partial charge on any atom is -0.322 e. The second-order valence-corrected chi connectivity index (χ2v) is 6.00. The third kappa shape index (κ3) is 4.13. The Labute approximate surface area is 152 Å². The number of hydrogen-bond acceptors (Lipinski definition) is 3. The summed E-state index contributed by atoms with van der Waals surface area (Å²) in [5.41, 5.74) is 4.18. The molecule has 0 radical (unpaired) electrons. The van der Waals surface area contributed by atoms with Crippen LogP contribution in [0.5, 0.6) is 0 Å². The Bertz CT molecular complexity index is 952. The Morgan fingerprint density at radius 2 is 1.50 bits per heavy atom. The van der Waals surface area contributed by atoms with Crippen molar-refractivity contribution in [2.45, 2.75) is 13.8 Å². The first-order valence-corrected chi connectivity index (χ1v) is 8.24. The van der Waals surface area contributed by atoms with Gasteiger partial charge in [-0.2, -0.15) is 0 Å². The van der Waals surface area contributed by atoms with Crippen molar-refractivity contribution in [3.8, 4) is 0 Å². The molecule has 130 valence electrons. The van der Waals surface area contributed by atoms with Crippen molar-refractivity contribution in [2.24, 2.45) is 0 Å². The number of rotatable bonds is 4. The second-order valence-electron chi connectivity index (χ2n) is 6.00. The first-order chi connectivity index (χ1) is 12.5. The number of nitrogens with zero attached hydrogens (tertiary/aromatic N) is 1. The van der Waals surface area contributed by atoms with Gasteiger partial charge in [0.2, 0.25) is 0 Å². The molecule has 0 fully saturated rings. The molecule has 2 aromatic carbocycles. The molecule has 5 nitrogen and oxygen atoms in total. The van der Waals surface area contributed by atoms with Crippen LogP contribution in [0, 0.1) is 13.8 Å². The van der Waals surface area contributed by atoms with Gasteiger partial charge in [-0.05, 0) is 61.4 Å². The summed E-state index contributed by atoms with van der Waals surface area (Å²) >= 11 is 0. The largest absolute Gasteiger partial charge is 0.322 e. The van der Waals surface area contributed by atoms with E-state index in [-0.39, 0.29) is 17.5 Å². The average Bonchev–Trinajstić information content (AvgIpc) is 2.65. The van der Waals surface area contributed by atoms with Gasteiger partial charge in [0.05, 0.1) is 0 Å². The van der Waals surface area contributed by atoms with Gasteiger partial charge >= 0.3 is 0 Å². The lowest BCUT2D eigenvalue weighted by atomic mass is 10.1. The van der Waals surface area contributed by atoms with Crippen molar-refractivity contribution in [3.63, 3.8) is 0 Å². The number of anilines is 2. The summed E-state index contributed by atoms with van der Waals surface area (Å²) in [4.78, 5) is 28.9. The number of para-hydroxylation sites is 1. The third-order valence-corrected chi connectivity index (χ3v) is 4.05. The molecule has 0 atom stereocenters. The lowest BCUT2D eigenvalue weighted by Gasteiger charge is -2.09. The predicted octanol–water partition coefficient (Wildman–Crippen LogP) is 4.20. The number of benzene rings is 2. The predicted molar refractivity (Wildman–Crippen MR) is 103 cm³/mol. The molecule has 2 N–H and O–H groups in total. The summed E-state index contributed by atoms with van der Waals surface area (Å²) < 4.78 is 0. The molecule has 2 amide bonds. The van der Waals surface area contributed by atoms with Crippen LogP contribution in [0.4, 0.5) is 11.4 Å². The smallest absolute Gasteiger partial charge is 0.274 e. The molecule has 0 spiro atoms. The fourth-order valence-corrected chi connectivity index (χ4v) is 2.44. The van der Waals surface area contributed by atoms with Gasteiger partial charge in [-0.1, -0.05) is 24.3 Å². The maximum atomic E-state index is 12.4. The number of pyridine rings is 1. The highest BCUT2D eigenvalue weighted by Gasteiger charge is 2.12. The van der Waals surface area contributed by atoms with E-state index in [4.69, 9.17) is 0 Å². The van der Waals surface area contributed by atoms with Crippen LogP contribution in [0.3, 0.4) is 0 Å². The summed E-state index contributed by atoms with van der Waals surface area (Å²) in [6.45, 7) is 4.00. The lowest BCUT2D eigenvalue weighted by Crippen LogP contribution is -2.17. The molecule has 5 heteroatoms. The first-order valence-electron chi connectivity index (χ1n) is 8.24. The van der Waals surface area contributed by atoms with Gasteiger partial charge in [0.15, 0.2) is 0 Å². The molecule has 26 heavy (non-hydrogen) atoms. The van der Waals surface area contributed by atoms with Gasteiger partial charge in [0.1, 0.15) is 5.69 Å². The number of aromatic nitrogens is 1. The zero-order valence-corrected chi connectivity index (χ0v) is 14.6. The molecule has 0 aliphatic heterocycles. The Hall–Kier alpha value is -3.47. The Kier molecular flexibility index (Phi) is 5.08. The number of carbonyl (C=O) groups is 2. The quantitative estimate of drug-likeness (QED) is 0.744. The molecule has 0 aliphatic carbocycles. The van der Waals surface area contributed by atoms with Gasteiger partial charge in [-0.15, -0.1) is 0 Å². The second kappa shape index (κ2) is 7.61. The van der Waals surface area contributed by atoms with Gasteiger partial charge in [0, 0.05) is 23.1 Å². The topological polar surface area (TPSA) is 71.1 Å². The van der Waals surface area contributed by atoms with Crippen LogP contribution in [-0.2, 0) is 0 Å². The SMILES string of the molecule is Cc1ccc(NC(=O)c2cc(C(=O)Nc3ccccc3)ccn2)cc1C. The molecule has 3 rings (SSSR count). The normalized spacial score (nSPS) is 10.2. The van der Waals surface area contributed by atoms with Crippen LogP contribution in [0.15, 0.2) is 66.9 Å². The molecule has 1 heterocycles. The third-order valence-electron chi connectivity index (χ3n) is 4.05. The number of aryl methyl sites for hydroxylation is 2. The van der Waals surface area contributed by atoms with E-state index in [9.17, 15) is 9.59 Å². The van der Waals surface area contributed by atoms with Gasteiger partial charge in [-0.3, -0.25) is 14.6 Å². The molecule has 1 aromatic heterocycles. The monoisotopic (exact) mass is 345 g/mol. The first kappa shape index (κ1) is 17.4. The number of carbonyl (C=O) groups excluding carboxylic acids is 2. The van der Waals surface area contributed by atoms with Gasteiger partial charge in [0.25, 0.3) is 11.8 Å². The molecule has 0 bridgehead atoms. The van der Waals surface area contributed by atoms with Gasteiger partial charge in [-0.25, -0.2) is 0 Å². The van der Waals surface area contributed by atoms with E-state index in [2.05, 4.69) is 15.6 Å². The summed E-state index contributed by atoms with van der Waals surface area (Å²) in [6.07, 6.45) is 1.45. The molecular weight excluding hydrogens is 326 g/mol. The van der Waals surface area contributed by atoms with Crippen LogP contribution in [0.25, 0.3) is 0 Å². The standard InChI is InChI=1S/C21H19N3O2/c1-14-8-9-18(12-15(14)2)24-21(26)19-13-16(10-11-22-19)20(25)23-17-6-4-3-5-7-17/h3-13H,1-2H3,(H,23,25)(H,24,26). The van der Waals surface area contributed by atoms with E-state index in [1.165, 1.54) is 12.3 Å². The fourth-order valence-electron chi connectivity index (χ4n) is 2.44. The lowest BCUT2D eigenvalue weighted by molar-refractivity contribution is 0.102.